The van der Waals surface area contributed by atoms with E-state index in [0.29, 0.717) is 12.6 Å². The first kappa shape index (κ1) is 16.5. The summed E-state index contributed by atoms with van der Waals surface area (Å²) in [6.07, 6.45) is 3.05. The van der Waals surface area contributed by atoms with Gasteiger partial charge in [0, 0.05) is 26.2 Å². The Kier molecular flexibility index (Phi) is 5.43. The van der Waals surface area contributed by atoms with Gasteiger partial charge >= 0.3 is 6.09 Å². The van der Waals surface area contributed by atoms with Gasteiger partial charge in [-0.25, -0.2) is 4.79 Å². The van der Waals surface area contributed by atoms with Gasteiger partial charge in [0.25, 0.3) is 0 Å². The average molecular weight is 313 g/mol. The molecule has 6 heteroatoms. The van der Waals surface area contributed by atoms with Crippen molar-refractivity contribution in [3.63, 3.8) is 0 Å². The third-order valence-electron chi connectivity index (χ3n) is 3.82. The molecule has 2 heterocycles. The summed E-state index contributed by atoms with van der Waals surface area (Å²) in [5.74, 6) is 0. The van der Waals surface area contributed by atoms with Crippen LogP contribution in [0.5, 0.6) is 0 Å². The zero-order valence-electron chi connectivity index (χ0n) is 13.4. The van der Waals surface area contributed by atoms with Gasteiger partial charge in [-0.2, -0.15) is 0 Å². The lowest BCUT2D eigenvalue weighted by molar-refractivity contribution is 0.0260. The van der Waals surface area contributed by atoms with E-state index in [2.05, 4.69) is 10.2 Å². The second-order valence-electron chi connectivity index (χ2n) is 6.80. The van der Waals surface area contributed by atoms with Gasteiger partial charge in [-0.15, -0.1) is 0 Å². The van der Waals surface area contributed by atoms with Crippen LogP contribution in [-0.4, -0.2) is 65.2 Å². The predicted octanol–water partition coefficient (Wildman–Crippen LogP) is 2.01. The Morgan fingerprint density at radius 1 is 1.14 bits per heavy atom. The number of ether oxygens (including phenoxy) is 1. The smallest absolute Gasteiger partial charge is 0.410 e. The fourth-order valence-corrected chi connectivity index (χ4v) is 3.15. The van der Waals surface area contributed by atoms with Crippen LogP contribution >= 0.6 is 12.2 Å². The van der Waals surface area contributed by atoms with Gasteiger partial charge in [0.05, 0.1) is 11.0 Å². The summed E-state index contributed by atoms with van der Waals surface area (Å²) in [5, 5.41) is 3.45. The number of carbonyl (C=O) groups is 1. The summed E-state index contributed by atoms with van der Waals surface area (Å²) in [4.78, 5) is 17.2. The van der Waals surface area contributed by atoms with Crippen LogP contribution in [0.25, 0.3) is 0 Å². The second kappa shape index (κ2) is 6.92. The number of rotatable bonds is 1. The molecular formula is C15H27N3O2S. The minimum Gasteiger partial charge on any atom is -0.444 e. The third kappa shape index (κ3) is 4.81. The quantitative estimate of drug-likeness (QED) is 0.750. The molecule has 1 N–H and O–H groups in total. The van der Waals surface area contributed by atoms with E-state index in [0.717, 1.165) is 44.0 Å². The molecule has 2 saturated heterocycles. The predicted molar refractivity (Wildman–Crippen MR) is 87.6 cm³/mol. The van der Waals surface area contributed by atoms with Crippen LogP contribution in [0.15, 0.2) is 0 Å². The minimum absolute atomic E-state index is 0.214. The minimum atomic E-state index is -0.438. The molecule has 1 unspecified atom stereocenters. The Morgan fingerprint density at radius 2 is 1.81 bits per heavy atom. The summed E-state index contributed by atoms with van der Waals surface area (Å²) in [5.41, 5.74) is -0.438. The Bertz CT molecular complexity index is 389. The molecule has 2 rings (SSSR count). The molecule has 0 spiro atoms. The van der Waals surface area contributed by atoms with Crippen LogP contribution < -0.4 is 5.32 Å². The van der Waals surface area contributed by atoms with Gasteiger partial charge in [0.15, 0.2) is 0 Å². The molecule has 0 bridgehead atoms. The van der Waals surface area contributed by atoms with E-state index in [1.165, 1.54) is 6.42 Å². The number of nitrogens with one attached hydrogen (secondary N) is 1. The lowest BCUT2D eigenvalue weighted by Crippen LogP contribution is -2.44. The Balaban J connectivity index is 1.86. The van der Waals surface area contributed by atoms with Crippen LogP contribution in [0, 0.1) is 0 Å². The fourth-order valence-electron chi connectivity index (χ4n) is 2.76. The number of carbonyl (C=O) groups excluding carboxylic acids is 1. The summed E-state index contributed by atoms with van der Waals surface area (Å²) >= 11 is 5.61. The number of amides is 1. The first-order valence-corrected chi connectivity index (χ1v) is 8.28. The molecule has 2 aliphatic heterocycles. The molecule has 2 fully saturated rings. The third-order valence-corrected chi connectivity index (χ3v) is 4.36. The highest BCUT2D eigenvalue weighted by molar-refractivity contribution is 7.80. The second-order valence-corrected chi connectivity index (χ2v) is 7.21. The molecule has 0 aromatic carbocycles. The van der Waals surface area contributed by atoms with Gasteiger partial charge in [-0.1, -0.05) is 12.2 Å². The lowest BCUT2D eigenvalue weighted by Gasteiger charge is -2.28. The molecular weight excluding hydrogens is 286 g/mol. The SMILES string of the molecule is CC(C)(C)OC(=O)N1CCCN(C(=S)C2CCCN2)CC1. The van der Waals surface area contributed by atoms with Crippen molar-refractivity contribution in [1.82, 2.24) is 15.1 Å². The maximum Gasteiger partial charge on any atom is 0.410 e. The van der Waals surface area contributed by atoms with Gasteiger partial charge < -0.3 is 19.9 Å². The van der Waals surface area contributed by atoms with Crippen molar-refractivity contribution in [3.05, 3.63) is 0 Å². The standard InChI is InChI=1S/C15H27N3O2S/c1-15(2,3)20-14(19)18-9-5-8-17(10-11-18)13(21)12-6-4-7-16-12/h12,16H,4-11H2,1-3H3. The summed E-state index contributed by atoms with van der Waals surface area (Å²) in [6.45, 7) is 9.91. The van der Waals surface area contributed by atoms with Gasteiger partial charge in [0.1, 0.15) is 5.60 Å². The number of nitrogens with zero attached hydrogens (tertiary/aromatic N) is 2. The largest absolute Gasteiger partial charge is 0.444 e. The Morgan fingerprint density at radius 3 is 2.43 bits per heavy atom. The summed E-state index contributed by atoms with van der Waals surface area (Å²) < 4.78 is 5.45. The highest BCUT2D eigenvalue weighted by Crippen LogP contribution is 2.15. The number of thiocarbonyl (C=S) groups is 1. The van der Waals surface area contributed by atoms with Crippen LogP contribution in [0.2, 0.25) is 0 Å². The van der Waals surface area contributed by atoms with Crippen molar-refractivity contribution < 1.29 is 9.53 Å². The van der Waals surface area contributed by atoms with Crippen molar-refractivity contribution in [1.29, 1.82) is 0 Å². The number of hydrogen-bond acceptors (Lipinski definition) is 4. The van der Waals surface area contributed by atoms with Crippen molar-refractivity contribution in [2.24, 2.45) is 0 Å². The van der Waals surface area contributed by atoms with E-state index < -0.39 is 5.60 Å². The molecule has 0 radical (unpaired) electrons. The highest BCUT2D eigenvalue weighted by atomic mass is 32.1. The normalized spacial score (nSPS) is 23.9. The molecule has 0 aliphatic carbocycles. The highest BCUT2D eigenvalue weighted by Gasteiger charge is 2.28. The van der Waals surface area contributed by atoms with Crippen molar-refractivity contribution >= 4 is 23.3 Å². The maximum atomic E-state index is 12.1. The molecule has 2 aliphatic rings. The lowest BCUT2D eigenvalue weighted by atomic mass is 10.2. The number of hydrogen-bond donors (Lipinski definition) is 1. The van der Waals surface area contributed by atoms with E-state index in [1.54, 1.807) is 4.90 Å². The zero-order valence-corrected chi connectivity index (χ0v) is 14.2. The van der Waals surface area contributed by atoms with Gasteiger partial charge in [-0.05, 0) is 46.6 Å². The van der Waals surface area contributed by atoms with Crippen LogP contribution in [-0.2, 0) is 4.74 Å². The fraction of sp³-hybridized carbons (Fsp3) is 0.867. The topological polar surface area (TPSA) is 44.8 Å². The van der Waals surface area contributed by atoms with Crippen molar-refractivity contribution in [2.75, 3.05) is 32.7 Å². The summed E-state index contributed by atoms with van der Waals surface area (Å²) in [7, 11) is 0. The van der Waals surface area contributed by atoms with Crippen molar-refractivity contribution in [3.8, 4) is 0 Å². The molecule has 120 valence electrons. The van der Waals surface area contributed by atoms with E-state index in [1.807, 2.05) is 20.8 Å². The average Bonchev–Trinajstić information content (AvgIpc) is 2.80. The van der Waals surface area contributed by atoms with Crippen LogP contribution in [0.4, 0.5) is 4.79 Å². The molecule has 0 aromatic heterocycles. The first-order valence-electron chi connectivity index (χ1n) is 7.87. The molecule has 1 atom stereocenters. The zero-order chi connectivity index (χ0) is 15.5. The van der Waals surface area contributed by atoms with Gasteiger partial charge in [-0.3, -0.25) is 0 Å². The molecule has 5 nitrogen and oxygen atoms in total. The van der Waals surface area contributed by atoms with Gasteiger partial charge in [0.2, 0.25) is 0 Å². The Labute approximate surface area is 133 Å². The van der Waals surface area contributed by atoms with E-state index >= 15 is 0 Å². The van der Waals surface area contributed by atoms with E-state index in [4.69, 9.17) is 17.0 Å². The van der Waals surface area contributed by atoms with Crippen molar-refractivity contribution in [2.45, 2.75) is 51.7 Å². The molecule has 0 aromatic rings. The molecule has 21 heavy (non-hydrogen) atoms. The van der Waals surface area contributed by atoms with Crippen LogP contribution in [0.3, 0.4) is 0 Å². The molecule has 0 saturated carbocycles. The molecule has 1 amide bonds. The van der Waals surface area contributed by atoms with Crippen LogP contribution in [0.1, 0.15) is 40.0 Å². The van der Waals surface area contributed by atoms with E-state index in [-0.39, 0.29) is 6.09 Å². The first-order chi connectivity index (χ1) is 9.87. The van der Waals surface area contributed by atoms with E-state index in [9.17, 15) is 4.79 Å². The monoisotopic (exact) mass is 313 g/mol. The maximum absolute atomic E-state index is 12.1. The Hall–Kier alpha value is -0.880. The summed E-state index contributed by atoms with van der Waals surface area (Å²) in [6, 6.07) is 0.341.